The number of carbonyl (C=O) groups is 3. The molecule has 3 amide bonds. The fourth-order valence-corrected chi connectivity index (χ4v) is 1.88. The van der Waals surface area contributed by atoms with Crippen molar-refractivity contribution in [3.8, 4) is 0 Å². The Bertz CT molecular complexity index is 747. The summed E-state index contributed by atoms with van der Waals surface area (Å²) in [6.45, 7) is 10.9. The lowest BCUT2D eigenvalue weighted by Gasteiger charge is -2.27. The Labute approximate surface area is 174 Å². The van der Waals surface area contributed by atoms with E-state index < -0.39 is 30.2 Å². The highest BCUT2D eigenvalue weighted by Gasteiger charge is 2.30. The molecular formula is C17H28N6O7. The maximum absolute atomic E-state index is 10.6. The topological polar surface area (TPSA) is 161 Å². The van der Waals surface area contributed by atoms with Crippen LogP contribution in [0.4, 0.5) is 14.4 Å². The second-order valence-electron chi connectivity index (χ2n) is 6.66. The molecule has 3 N–H and O–H groups in total. The molecule has 3 heterocycles. The van der Waals surface area contributed by atoms with Crippen molar-refractivity contribution < 1.29 is 33.3 Å². The van der Waals surface area contributed by atoms with Gasteiger partial charge in [0.05, 0.1) is 11.4 Å². The molecule has 0 aromatic carbocycles. The minimum absolute atomic E-state index is 0.182. The zero-order valence-electron chi connectivity index (χ0n) is 18.1. The Kier molecular flexibility index (Phi) is 9.17. The second kappa shape index (κ2) is 11.1. The van der Waals surface area contributed by atoms with Crippen molar-refractivity contribution in [1.29, 1.82) is 0 Å². The molecule has 3 aliphatic heterocycles. The van der Waals surface area contributed by atoms with Crippen LogP contribution in [0.3, 0.4) is 0 Å². The first-order valence-electron chi connectivity index (χ1n) is 9.10. The normalized spacial score (nSPS) is 24.1. The number of nitrogens with zero attached hydrogens (tertiary/aromatic N) is 3. The van der Waals surface area contributed by atoms with Crippen molar-refractivity contribution in [2.24, 2.45) is 15.3 Å². The number of carbonyl (C=O) groups excluding carboxylic acids is 3. The summed E-state index contributed by atoms with van der Waals surface area (Å²) in [7, 11) is 1.47. The van der Waals surface area contributed by atoms with Crippen molar-refractivity contribution in [3.63, 3.8) is 0 Å². The summed E-state index contributed by atoms with van der Waals surface area (Å²) in [5.74, 6) is 0. The van der Waals surface area contributed by atoms with E-state index in [0.717, 1.165) is 11.4 Å². The van der Waals surface area contributed by atoms with E-state index in [4.69, 9.17) is 18.9 Å². The SMILES string of the molecule is CC1=NNC(=O)OC1(C)C.CC1=NNC(=O)OC1C.CCC1=NNC(=O)OC1OC. The van der Waals surface area contributed by atoms with Crippen LogP contribution in [0.2, 0.25) is 0 Å². The summed E-state index contributed by atoms with van der Waals surface area (Å²) < 4.78 is 19.2. The fraction of sp³-hybridized carbons (Fsp3) is 0.647. The van der Waals surface area contributed by atoms with Crippen LogP contribution in [-0.4, -0.2) is 60.5 Å². The molecule has 13 heteroatoms. The van der Waals surface area contributed by atoms with Crippen LogP contribution in [0.5, 0.6) is 0 Å². The van der Waals surface area contributed by atoms with Gasteiger partial charge in [0.25, 0.3) is 0 Å². The highest BCUT2D eigenvalue weighted by atomic mass is 16.7. The Balaban J connectivity index is 0.000000226. The van der Waals surface area contributed by atoms with Crippen LogP contribution < -0.4 is 16.3 Å². The van der Waals surface area contributed by atoms with Gasteiger partial charge in [-0.25, -0.2) is 30.7 Å². The maximum Gasteiger partial charge on any atom is 0.430 e. The van der Waals surface area contributed by atoms with Gasteiger partial charge in [-0.05, 0) is 41.0 Å². The van der Waals surface area contributed by atoms with Gasteiger partial charge < -0.3 is 18.9 Å². The quantitative estimate of drug-likeness (QED) is 0.565. The van der Waals surface area contributed by atoms with Crippen LogP contribution in [0.25, 0.3) is 0 Å². The smallest absolute Gasteiger partial charge is 0.430 e. The van der Waals surface area contributed by atoms with Gasteiger partial charge in [-0.15, -0.1) is 0 Å². The van der Waals surface area contributed by atoms with Crippen LogP contribution in [0.1, 0.15) is 48.0 Å². The molecule has 0 saturated heterocycles. The van der Waals surface area contributed by atoms with Crippen molar-refractivity contribution >= 4 is 35.4 Å². The molecule has 0 fully saturated rings. The van der Waals surface area contributed by atoms with Crippen LogP contribution in [-0.2, 0) is 18.9 Å². The Morgan fingerprint density at radius 3 is 2.00 bits per heavy atom. The van der Waals surface area contributed by atoms with Gasteiger partial charge in [-0.1, -0.05) is 6.92 Å². The van der Waals surface area contributed by atoms with Gasteiger partial charge in [0, 0.05) is 7.11 Å². The number of nitrogens with one attached hydrogen (secondary N) is 3. The van der Waals surface area contributed by atoms with Gasteiger partial charge >= 0.3 is 18.3 Å². The summed E-state index contributed by atoms with van der Waals surface area (Å²) >= 11 is 0. The molecule has 2 atom stereocenters. The zero-order chi connectivity index (χ0) is 22.9. The third kappa shape index (κ3) is 7.66. The molecular weight excluding hydrogens is 400 g/mol. The molecule has 30 heavy (non-hydrogen) atoms. The Morgan fingerprint density at radius 2 is 1.53 bits per heavy atom. The summed E-state index contributed by atoms with van der Waals surface area (Å²) in [6, 6.07) is 0. The van der Waals surface area contributed by atoms with Crippen molar-refractivity contribution in [2.45, 2.75) is 66.0 Å². The van der Waals surface area contributed by atoms with Gasteiger partial charge in [0.15, 0.2) is 0 Å². The number of ether oxygens (including phenoxy) is 4. The van der Waals surface area contributed by atoms with E-state index in [9.17, 15) is 14.4 Å². The maximum atomic E-state index is 10.6. The molecule has 13 nitrogen and oxygen atoms in total. The van der Waals surface area contributed by atoms with Gasteiger partial charge in [0.1, 0.15) is 17.4 Å². The van der Waals surface area contributed by atoms with Gasteiger partial charge in [-0.2, -0.15) is 15.3 Å². The molecule has 0 aromatic heterocycles. The third-order valence-corrected chi connectivity index (χ3v) is 4.08. The van der Waals surface area contributed by atoms with Crippen LogP contribution in [0.15, 0.2) is 15.3 Å². The van der Waals surface area contributed by atoms with Crippen LogP contribution >= 0.6 is 0 Å². The third-order valence-electron chi connectivity index (χ3n) is 4.08. The first kappa shape index (κ1) is 24.8. The zero-order valence-corrected chi connectivity index (χ0v) is 18.1. The lowest BCUT2D eigenvalue weighted by atomic mass is 10.0. The standard InChI is InChI=1S/C6H10N2O3.C6H10N2O2.C5H8N2O2/c1-3-4-5(10-2)11-6(9)8-7-4;1-4-6(2,3)10-5(9)8-7-4;1-3-4(2)9-5(8)7-6-3/h5H,3H2,1-2H3,(H,8,9);1-3H3,(H,8,9);4H,1-2H3,(H,7,8). The van der Waals surface area contributed by atoms with Crippen molar-refractivity contribution in [2.75, 3.05) is 7.11 Å². The first-order chi connectivity index (χ1) is 14.0. The molecule has 0 bridgehead atoms. The Morgan fingerprint density at radius 1 is 0.967 bits per heavy atom. The van der Waals surface area contributed by atoms with Crippen molar-refractivity contribution in [1.82, 2.24) is 16.3 Å². The van der Waals surface area contributed by atoms with Crippen molar-refractivity contribution in [3.05, 3.63) is 0 Å². The van der Waals surface area contributed by atoms with E-state index in [1.807, 2.05) is 6.92 Å². The second-order valence-corrected chi connectivity index (χ2v) is 6.66. The molecule has 0 aromatic rings. The monoisotopic (exact) mass is 428 g/mol. The summed E-state index contributed by atoms with van der Waals surface area (Å²) in [5.41, 5.74) is 8.29. The number of amides is 3. The average Bonchev–Trinajstić information content (AvgIpc) is 2.68. The summed E-state index contributed by atoms with van der Waals surface area (Å²) in [4.78, 5) is 31.5. The highest BCUT2D eigenvalue weighted by molar-refractivity contribution is 5.94. The predicted molar refractivity (Wildman–Crippen MR) is 107 cm³/mol. The van der Waals surface area contributed by atoms with E-state index in [-0.39, 0.29) is 6.10 Å². The molecule has 0 saturated carbocycles. The minimum atomic E-state index is -0.617. The van der Waals surface area contributed by atoms with Gasteiger partial charge in [-0.3, -0.25) is 0 Å². The van der Waals surface area contributed by atoms with E-state index in [2.05, 4.69) is 31.6 Å². The number of hydrogen-bond donors (Lipinski definition) is 3. The molecule has 0 spiro atoms. The molecule has 2 unspecified atom stereocenters. The lowest BCUT2D eigenvalue weighted by molar-refractivity contribution is -0.0397. The first-order valence-corrected chi connectivity index (χ1v) is 9.10. The molecule has 168 valence electrons. The number of hydrazone groups is 3. The number of methoxy groups -OCH3 is 1. The predicted octanol–water partition coefficient (Wildman–Crippen LogP) is 1.84. The molecule has 0 aliphatic carbocycles. The molecule has 3 rings (SSSR count). The largest absolute Gasteiger partial charge is 0.439 e. The number of hydrogen-bond acceptors (Lipinski definition) is 10. The minimum Gasteiger partial charge on any atom is -0.439 e. The fourth-order valence-electron chi connectivity index (χ4n) is 1.88. The number of rotatable bonds is 2. The molecule has 0 radical (unpaired) electrons. The van der Waals surface area contributed by atoms with E-state index in [1.54, 1.807) is 34.6 Å². The summed E-state index contributed by atoms with van der Waals surface area (Å²) in [6.07, 6.45) is -1.65. The Hall–Kier alpha value is -3.22. The lowest BCUT2D eigenvalue weighted by Crippen LogP contribution is -2.44. The highest BCUT2D eigenvalue weighted by Crippen LogP contribution is 2.14. The van der Waals surface area contributed by atoms with Crippen LogP contribution in [0, 0.1) is 0 Å². The molecule has 3 aliphatic rings. The van der Waals surface area contributed by atoms with Gasteiger partial charge in [0.2, 0.25) is 6.29 Å². The van der Waals surface area contributed by atoms with E-state index in [0.29, 0.717) is 12.1 Å². The average molecular weight is 428 g/mol. The number of cyclic esters (lactones) is 3. The van der Waals surface area contributed by atoms with E-state index in [1.165, 1.54) is 7.11 Å². The van der Waals surface area contributed by atoms with E-state index >= 15 is 0 Å². The summed E-state index contributed by atoms with van der Waals surface area (Å²) in [5, 5.41) is 11.2.